The average Bonchev–Trinajstić information content (AvgIpc) is 2.95. The van der Waals surface area contributed by atoms with Crippen LogP contribution in [0.5, 0.6) is 0 Å². The molecule has 0 saturated carbocycles. The second kappa shape index (κ2) is 6.60. The van der Waals surface area contributed by atoms with Crippen molar-refractivity contribution in [3.05, 3.63) is 59.9 Å². The lowest BCUT2D eigenvalue weighted by molar-refractivity contribution is -0.116. The number of hydrogen-bond donors (Lipinski definition) is 1. The molecule has 0 fully saturated rings. The third-order valence-electron chi connectivity index (χ3n) is 4.17. The predicted molar refractivity (Wildman–Crippen MR) is 88.4 cm³/mol. The lowest BCUT2D eigenvalue weighted by atomic mass is 9.98. The Morgan fingerprint density at radius 3 is 2.70 bits per heavy atom. The maximum absolute atomic E-state index is 12.0. The number of aromatic nitrogens is 1. The van der Waals surface area contributed by atoms with Crippen LogP contribution in [0, 0.1) is 0 Å². The molecule has 1 aromatic heterocycles. The zero-order chi connectivity index (χ0) is 16.2. The number of carbonyl (C=O) groups excluding carboxylic acids is 2. The van der Waals surface area contributed by atoms with Gasteiger partial charge in [0.1, 0.15) is 0 Å². The van der Waals surface area contributed by atoms with Crippen LogP contribution in [0.25, 0.3) is 0 Å². The molecular formula is C18H19N3O2. The van der Waals surface area contributed by atoms with Crippen molar-refractivity contribution < 1.29 is 9.59 Å². The van der Waals surface area contributed by atoms with E-state index in [1.54, 1.807) is 31.5 Å². The van der Waals surface area contributed by atoms with Crippen LogP contribution in [0.1, 0.15) is 35.2 Å². The van der Waals surface area contributed by atoms with Gasteiger partial charge in [-0.1, -0.05) is 18.2 Å². The van der Waals surface area contributed by atoms with Gasteiger partial charge in [0.15, 0.2) is 0 Å². The first-order chi connectivity index (χ1) is 11.2. The normalized spacial score (nSPS) is 16.0. The van der Waals surface area contributed by atoms with Gasteiger partial charge in [-0.15, -0.1) is 0 Å². The molecule has 1 aliphatic rings. The molecule has 5 heteroatoms. The van der Waals surface area contributed by atoms with Crippen LogP contribution in [0.2, 0.25) is 0 Å². The van der Waals surface area contributed by atoms with E-state index in [1.807, 2.05) is 23.1 Å². The van der Waals surface area contributed by atoms with E-state index >= 15 is 0 Å². The van der Waals surface area contributed by atoms with Crippen molar-refractivity contribution in [3.63, 3.8) is 0 Å². The molecule has 1 aliphatic heterocycles. The first kappa shape index (κ1) is 15.2. The number of amides is 2. The fraction of sp³-hybridized carbons (Fsp3) is 0.278. The van der Waals surface area contributed by atoms with Crippen LogP contribution >= 0.6 is 0 Å². The van der Waals surface area contributed by atoms with Crippen LogP contribution in [-0.2, 0) is 4.79 Å². The van der Waals surface area contributed by atoms with E-state index in [4.69, 9.17) is 0 Å². The molecule has 0 radical (unpaired) electrons. The summed E-state index contributed by atoms with van der Waals surface area (Å²) >= 11 is 0. The molecule has 0 bridgehead atoms. The summed E-state index contributed by atoms with van der Waals surface area (Å²) in [6, 6.07) is 11.4. The molecule has 1 aromatic carbocycles. The van der Waals surface area contributed by atoms with Crippen LogP contribution < -0.4 is 10.2 Å². The number of rotatable bonds is 4. The maximum atomic E-state index is 12.0. The van der Waals surface area contributed by atoms with Crippen LogP contribution in [-0.4, -0.2) is 29.9 Å². The van der Waals surface area contributed by atoms with E-state index < -0.39 is 0 Å². The van der Waals surface area contributed by atoms with Crippen molar-refractivity contribution in [3.8, 4) is 0 Å². The summed E-state index contributed by atoms with van der Waals surface area (Å²) in [7, 11) is 0. The zero-order valence-corrected chi connectivity index (χ0v) is 13.0. The summed E-state index contributed by atoms with van der Waals surface area (Å²) in [6.45, 7) is 2.84. The summed E-state index contributed by atoms with van der Waals surface area (Å²) in [5.41, 5.74) is 2.78. The quantitative estimate of drug-likeness (QED) is 0.943. The monoisotopic (exact) mass is 309 g/mol. The second-order valence-corrected chi connectivity index (χ2v) is 5.67. The van der Waals surface area contributed by atoms with Gasteiger partial charge in [0.25, 0.3) is 5.91 Å². The van der Waals surface area contributed by atoms with E-state index in [2.05, 4.69) is 16.4 Å². The number of benzene rings is 1. The molecule has 2 aromatic rings. The number of pyridine rings is 1. The molecule has 1 N–H and O–H groups in total. The number of para-hydroxylation sites is 1. The van der Waals surface area contributed by atoms with E-state index in [0.717, 1.165) is 12.1 Å². The van der Waals surface area contributed by atoms with Gasteiger partial charge in [-0.2, -0.15) is 0 Å². The van der Waals surface area contributed by atoms with Crippen molar-refractivity contribution in [1.82, 2.24) is 10.3 Å². The van der Waals surface area contributed by atoms with Gasteiger partial charge in [-0.05, 0) is 30.2 Å². The molecule has 3 rings (SSSR count). The van der Waals surface area contributed by atoms with Gasteiger partial charge in [-0.25, -0.2) is 0 Å². The third-order valence-corrected chi connectivity index (χ3v) is 4.17. The van der Waals surface area contributed by atoms with Crippen molar-refractivity contribution >= 4 is 17.5 Å². The smallest absolute Gasteiger partial charge is 0.251 e. The maximum Gasteiger partial charge on any atom is 0.251 e. The lowest BCUT2D eigenvalue weighted by Crippen LogP contribution is -2.29. The molecule has 2 amide bonds. The van der Waals surface area contributed by atoms with Gasteiger partial charge in [0, 0.05) is 49.6 Å². The Kier molecular flexibility index (Phi) is 4.37. The summed E-state index contributed by atoms with van der Waals surface area (Å²) in [6.07, 6.45) is 4.01. The van der Waals surface area contributed by atoms with Crippen molar-refractivity contribution in [2.75, 3.05) is 18.0 Å². The second-order valence-electron chi connectivity index (χ2n) is 5.67. The Bertz CT molecular complexity index is 715. The average molecular weight is 309 g/mol. The van der Waals surface area contributed by atoms with E-state index in [9.17, 15) is 9.59 Å². The first-order valence-electron chi connectivity index (χ1n) is 7.72. The topological polar surface area (TPSA) is 62.3 Å². The molecule has 0 aliphatic carbocycles. The van der Waals surface area contributed by atoms with Gasteiger partial charge in [0.05, 0.1) is 0 Å². The van der Waals surface area contributed by atoms with Gasteiger partial charge < -0.3 is 10.2 Å². The Morgan fingerprint density at radius 1 is 1.22 bits per heavy atom. The van der Waals surface area contributed by atoms with Gasteiger partial charge in [-0.3, -0.25) is 14.6 Å². The molecular weight excluding hydrogens is 290 g/mol. The molecule has 118 valence electrons. The number of nitrogens with zero attached hydrogens (tertiary/aromatic N) is 2. The highest BCUT2D eigenvalue weighted by Gasteiger charge is 2.30. The summed E-state index contributed by atoms with van der Waals surface area (Å²) in [5.74, 6) is 0.218. The van der Waals surface area contributed by atoms with E-state index in [1.165, 1.54) is 5.56 Å². The highest BCUT2D eigenvalue weighted by Crippen LogP contribution is 2.37. The highest BCUT2D eigenvalue weighted by molar-refractivity contribution is 5.94. The highest BCUT2D eigenvalue weighted by atomic mass is 16.2. The molecule has 2 heterocycles. The Hall–Kier alpha value is -2.69. The van der Waals surface area contributed by atoms with Crippen LogP contribution in [0.4, 0.5) is 5.69 Å². The van der Waals surface area contributed by atoms with E-state index in [-0.39, 0.29) is 17.7 Å². The SMILES string of the molecule is CC(=O)N1CC(CCNC(=O)c2ccncc2)c2ccccc21. The molecule has 1 atom stereocenters. The number of nitrogens with one attached hydrogen (secondary N) is 1. The minimum atomic E-state index is -0.0953. The standard InChI is InChI=1S/C18H19N3O2/c1-13(22)21-12-15(16-4-2-3-5-17(16)21)8-11-20-18(23)14-6-9-19-10-7-14/h2-7,9-10,15H,8,11-12H2,1H3,(H,20,23). The molecule has 5 nitrogen and oxygen atoms in total. The number of hydrogen-bond acceptors (Lipinski definition) is 3. The zero-order valence-electron chi connectivity index (χ0n) is 13.0. The largest absolute Gasteiger partial charge is 0.352 e. The van der Waals surface area contributed by atoms with E-state index in [0.29, 0.717) is 18.7 Å². The number of anilines is 1. The number of carbonyl (C=O) groups is 2. The fourth-order valence-corrected chi connectivity index (χ4v) is 3.01. The Morgan fingerprint density at radius 2 is 1.96 bits per heavy atom. The van der Waals surface area contributed by atoms with Crippen molar-refractivity contribution in [2.45, 2.75) is 19.3 Å². The van der Waals surface area contributed by atoms with Crippen molar-refractivity contribution in [2.24, 2.45) is 0 Å². The summed E-state index contributed by atoms with van der Waals surface area (Å²) < 4.78 is 0. The first-order valence-corrected chi connectivity index (χ1v) is 7.72. The molecule has 0 saturated heterocycles. The third kappa shape index (κ3) is 3.23. The minimum absolute atomic E-state index is 0.0563. The van der Waals surface area contributed by atoms with Gasteiger partial charge in [0.2, 0.25) is 5.91 Å². The van der Waals surface area contributed by atoms with Crippen LogP contribution in [0.15, 0.2) is 48.8 Å². The molecule has 23 heavy (non-hydrogen) atoms. The minimum Gasteiger partial charge on any atom is -0.352 e. The Balaban J connectivity index is 1.61. The fourth-order valence-electron chi connectivity index (χ4n) is 3.01. The lowest BCUT2D eigenvalue weighted by Gasteiger charge is -2.15. The van der Waals surface area contributed by atoms with Crippen LogP contribution in [0.3, 0.4) is 0 Å². The van der Waals surface area contributed by atoms with Gasteiger partial charge >= 0.3 is 0 Å². The predicted octanol–water partition coefficient (Wildman–Crippen LogP) is 2.35. The Labute approximate surface area is 135 Å². The summed E-state index contributed by atoms with van der Waals surface area (Å²) in [4.78, 5) is 29.5. The number of fused-ring (bicyclic) bond motifs is 1. The van der Waals surface area contributed by atoms with Crippen molar-refractivity contribution in [1.29, 1.82) is 0 Å². The molecule has 0 spiro atoms. The molecule has 1 unspecified atom stereocenters. The summed E-state index contributed by atoms with van der Waals surface area (Å²) in [5, 5.41) is 2.93.